The van der Waals surface area contributed by atoms with Crippen molar-refractivity contribution in [1.29, 1.82) is 0 Å². The van der Waals surface area contributed by atoms with Crippen LogP contribution in [0.2, 0.25) is 0 Å². The average Bonchev–Trinajstić information content (AvgIpc) is 3.02. The van der Waals surface area contributed by atoms with E-state index in [1.807, 2.05) is 22.9 Å². The molecule has 1 aromatic heterocycles. The Morgan fingerprint density at radius 1 is 1.13 bits per heavy atom. The van der Waals surface area contributed by atoms with Gasteiger partial charge in [-0.25, -0.2) is 9.07 Å². The van der Waals surface area contributed by atoms with Crippen LogP contribution in [0.1, 0.15) is 29.6 Å². The highest BCUT2D eigenvalue weighted by Crippen LogP contribution is 2.37. The van der Waals surface area contributed by atoms with Crippen LogP contribution in [0.3, 0.4) is 0 Å². The van der Waals surface area contributed by atoms with Crippen LogP contribution in [0.25, 0.3) is 0 Å². The minimum Gasteiger partial charge on any atom is -0.348 e. The number of nitrogens with one attached hydrogen (secondary N) is 1. The first-order chi connectivity index (χ1) is 11.2. The highest BCUT2D eigenvalue weighted by atomic mass is 79.9. The third-order valence-electron chi connectivity index (χ3n) is 4.12. The van der Waals surface area contributed by atoms with E-state index in [1.165, 1.54) is 12.4 Å². The van der Waals surface area contributed by atoms with Crippen molar-refractivity contribution in [2.24, 2.45) is 0 Å². The van der Waals surface area contributed by atoms with Crippen molar-refractivity contribution >= 4 is 21.9 Å². The van der Waals surface area contributed by atoms with E-state index in [0.717, 1.165) is 22.0 Å². The first-order valence-electron chi connectivity index (χ1n) is 7.38. The molecule has 1 aliphatic rings. The van der Waals surface area contributed by atoms with Crippen LogP contribution in [-0.2, 0) is 0 Å². The number of hydrogen-bond donors (Lipinski definition) is 1. The lowest BCUT2D eigenvalue weighted by Crippen LogP contribution is -2.28. The molecule has 0 saturated heterocycles. The molecular formula is C17H14BrFN4. The summed E-state index contributed by atoms with van der Waals surface area (Å²) in [6.45, 7) is 0. The predicted molar refractivity (Wildman–Crippen MR) is 89.7 cm³/mol. The summed E-state index contributed by atoms with van der Waals surface area (Å²) in [7, 11) is 0. The van der Waals surface area contributed by atoms with E-state index in [4.69, 9.17) is 0 Å². The molecule has 3 aromatic rings. The summed E-state index contributed by atoms with van der Waals surface area (Å²) in [6.07, 6.45) is 2.30. The number of hydrogen-bond acceptors (Lipinski definition) is 3. The Morgan fingerprint density at radius 2 is 1.96 bits per heavy atom. The third kappa shape index (κ3) is 2.74. The number of halogens is 2. The minimum absolute atomic E-state index is 0.0477. The van der Waals surface area contributed by atoms with Crippen molar-refractivity contribution < 1.29 is 4.39 Å². The number of fused-ring (bicyclic) bond motifs is 1. The molecule has 4 nitrogen and oxygen atoms in total. The lowest BCUT2D eigenvalue weighted by molar-refractivity contribution is 0.429. The Morgan fingerprint density at radius 3 is 2.78 bits per heavy atom. The van der Waals surface area contributed by atoms with Crippen LogP contribution in [0, 0.1) is 5.82 Å². The molecule has 2 aromatic carbocycles. The Labute approximate surface area is 141 Å². The van der Waals surface area contributed by atoms with Gasteiger partial charge in [0.2, 0.25) is 5.95 Å². The van der Waals surface area contributed by atoms with Gasteiger partial charge in [-0.05, 0) is 41.8 Å². The largest absolute Gasteiger partial charge is 0.348 e. The van der Waals surface area contributed by atoms with Gasteiger partial charge in [0.05, 0.1) is 12.1 Å². The number of anilines is 1. The zero-order valence-corrected chi connectivity index (χ0v) is 13.7. The zero-order chi connectivity index (χ0) is 15.8. The normalized spacial score (nSPS) is 19.9. The summed E-state index contributed by atoms with van der Waals surface area (Å²) in [5, 5.41) is 7.71. The summed E-state index contributed by atoms with van der Waals surface area (Å²) in [6, 6.07) is 14.9. The van der Waals surface area contributed by atoms with Crippen molar-refractivity contribution in [3.63, 3.8) is 0 Å². The molecule has 116 valence electrons. The lowest BCUT2D eigenvalue weighted by Gasteiger charge is -2.31. The Balaban J connectivity index is 1.75. The molecule has 0 fully saturated rings. The monoisotopic (exact) mass is 372 g/mol. The lowest BCUT2D eigenvalue weighted by atomic mass is 9.93. The Bertz CT molecular complexity index is 848. The van der Waals surface area contributed by atoms with Gasteiger partial charge in [0, 0.05) is 4.47 Å². The van der Waals surface area contributed by atoms with Gasteiger partial charge >= 0.3 is 0 Å². The molecule has 23 heavy (non-hydrogen) atoms. The smallest absolute Gasteiger partial charge is 0.222 e. The number of aromatic nitrogens is 3. The maximum atomic E-state index is 13.6. The molecule has 2 atom stereocenters. The van der Waals surface area contributed by atoms with E-state index >= 15 is 0 Å². The molecule has 2 unspecified atom stereocenters. The van der Waals surface area contributed by atoms with Crippen LogP contribution in [0.15, 0.2) is 59.3 Å². The third-order valence-corrected chi connectivity index (χ3v) is 4.61. The first-order valence-corrected chi connectivity index (χ1v) is 8.17. The number of rotatable bonds is 2. The Kier molecular flexibility index (Phi) is 3.61. The van der Waals surface area contributed by atoms with E-state index in [9.17, 15) is 4.39 Å². The summed E-state index contributed by atoms with van der Waals surface area (Å²) in [5.41, 5.74) is 2.06. The molecule has 2 heterocycles. The van der Waals surface area contributed by atoms with Crippen LogP contribution in [0.4, 0.5) is 10.3 Å². The predicted octanol–water partition coefficient (Wildman–Crippen LogP) is 4.33. The van der Waals surface area contributed by atoms with E-state index in [0.29, 0.717) is 5.95 Å². The molecule has 0 radical (unpaired) electrons. The van der Waals surface area contributed by atoms with Gasteiger partial charge in [0.25, 0.3) is 0 Å². The molecule has 0 bridgehead atoms. The highest BCUT2D eigenvalue weighted by molar-refractivity contribution is 9.10. The molecule has 1 N–H and O–H groups in total. The average molecular weight is 373 g/mol. The van der Waals surface area contributed by atoms with Gasteiger partial charge in [-0.3, -0.25) is 0 Å². The van der Waals surface area contributed by atoms with Crippen molar-refractivity contribution in [1.82, 2.24) is 14.8 Å². The van der Waals surface area contributed by atoms with Crippen LogP contribution < -0.4 is 5.32 Å². The number of benzene rings is 2. The second-order valence-electron chi connectivity index (χ2n) is 5.59. The van der Waals surface area contributed by atoms with Crippen molar-refractivity contribution in [2.75, 3.05) is 5.32 Å². The molecule has 4 rings (SSSR count). The SMILES string of the molecule is Fc1cccc(C2CC(c3cccc(Br)c3)Nc3ncnn32)c1. The van der Waals surface area contributed by atoms with Gasteiger partial charge in [0.15, 0.2) is 0 Å². The van der Waals surface area contributed by atoms with E-state index in [-0.39, 0.29) is 17.9 Å². The fourth-order valence-electron chi connectivity index (χ4n) is 3.05. The van der Waals surface area contributed by atoms with E-state index in [1.54, 1.807) is 12.1 Å². The first kappa shape index (κ1) is 14.4. The van der Waals surface area contributed by atoms with Crippen LogP contribution >= 0.6 is 15.9 Å². The van der Waals surface area contributed by atoms with Crippen LogP contribution in [0.5, 0.6) is 0 Å². The van der Waals surface area contributed by atoms with E-state index in [2.05, 4.69) is 43.5 Å². The highest BCUT2D eigenvalue weighted by Gasteiger charge is 2.30. The van der Waals surface area contributed by atoms with E-state index < -0.39 is 0 Å². The molecule has 0 amide bonds. The summed E-state index contributed by atoms with van der Waals surface area (Å²) in [4.78, 5) is 4.29. The maximum absolute atomic E-state index is 13.6. The fourth-order valence-corrected chi connectivity index (χ4v) is 3.47. The molecule has 0 aliphatic carbocycles. The van der Waals surface area contributed by atoms with Gasteiger partial charge in [0.1, 0.15) is 12.1 Å². The molecule has 6 heteroatoms. The molecule has 0 spiro atoms. The second-order valence-corrected chi connectivity index (χ2v) is 6.50. The van der Waals surface area contributed by atoms with Gasteiger partial charge in [-0.15, -0.1) is 0 Å². The van der Waals surface area contributed by atoms with Crippen molar-refractivity contribution in [2.45, 2.75) is 18.5 Å². The molecular weight excluding hydrogens is 359 g/mol. The Hall–Kier alpha value is -2.21. The topological polar surface area (TPSA) is 42.7 Å². The summed E-state index contributed by atoms with van der Waals surface area (Å²) >= 11 is 3.51. The fraction of sp³-hybridized carbons (Fsp3) is 0.176. The summed E-state index contributed by atoms with van der Waals surface area (Å²) < 4.78 is 16.5. The molecule has 0 saturated carbocycles. The summed E-state index contributed by atoms with van der Waals surface area (Å²) in [5.74, 6) is 0.470. The quantitative estimate of drug-likeness (QED) is 0.727. The van der Waals surface area contributed by atoms with Gasteiger partial charge in [-0.1, -0.05) is 40.2 Å². The van der Waals surface area contributed by atoms with Crippen LogP contribution in [-0.4, -0.2) is 14.8 Å². The maximum Gasteiger partial charge on any atom is 0.222 e. The second kappa shape index (κ2) is 5.77. The number of nitrogens with zero attached hydrogens (tertiary/aromatic N) is 3. The standard InChI is InChI=1S/C17H14BrFN4/c18-13-5-1-3-11(7-13)15-9-16(12-4-2-6-14(19)8-12)23-17(22-15)20-10-21-23/h1-8,10,15-16H,9H2,(H,20,21,22). The molecule has 1 aliphatic heterocycles. The zero-order valence-electron chi connectivity index (χ0n) is 12.2. The van der Waals surface area contributed by atoms with Crippen molar-refractivity contribution in [3.8, 4) is 0 Å². The van der Waals surface area contributed by atoms with Crippen molar-refractivity contribution in [3.05, 3.63) is 76.3 Å². The van der Waals surface area contributed by atoms with Gasteiger partial charge in [-0.2, -0.15) is 10.1 Å². The van der Waals surface area contributed by atoms with Gasteiger partial charge < -0.3 is 5.32 Å². The minimum atomic E-state index is -0.235.